The number of nitrogens with zero attached hydrogens (tertiary/aromatic N) is 2. The van der Waals surface area contributed by atoms with Crippen molar-refractivity contribution in [3.05, 3.63) is 39.8 Å². The molecule has 1 amide bonds. The molecule has 21 heavy (non-hydrogen) atoms. The Kier molecular flexibility index (Phi) is 4.96. The maximum absolute atomic E-state index is 11.6. The fourth-order valence-electron chi connectivity index (χ4n) is 1.69. The number of nitro groups is 1. The van der Waals surface area contributed by atoms with Crippen molar-refractivity contribution in [2.75, 3.05) is 11.9 Å². The van der Waals surface area contributed by atoms with Crippen molar-refractivity contribution in [3.8, 4) is 11.3 Å². The van der Waals surface area contributed by atoms with Gasteiger partial charge in [0.2, 0.25) is 5.91 Å². The first kappa shape index (κ1) is 15.1. The average molecular weight is 306 g/mol. The topological polar surface area (TPSA) is 111 Å². The molecule has 7 nitrogen and oxygen atoms in total. The third-order valence-electron chi connectivity index (χ3n) is 2.71. The van der Waals surface area contributed by atoms with Gasteiger partial charge in [-0.15, -0.1) is 11.3 Å². The molecule has 0 saturated heterocycles. The summed E-state index contributed by atoms with van der Waals surface area (Å²) in [5, 5.41) is 15.7. The fourth-order valence-corrected chi connectivity index (χ4v) is 2.42. The van der Waals surface area contributed by atoms with Crippen LogP contribution in [0.25, 0.3) is 11.3 Å². The quantitative estimate of drug-likeness (QED) is 0.628. The van der Waals surface area contributed by atoms with E-state index in [9.17, 15) is 14.9 Å². The lowest BCUT2D eigenvalue weighted by Gasteiger charge is -2.00. The summed E-state index contributed by atoms with van der Waals surface area (Å²) in [7, 11) is 0. The number of nitrogens with one attached hydrogen (secondary N) is 1. The highest BCUT2D eigenvalue weighted by Crippen LogP contribution is 2.27. The van der Waals surface area contributed by atoms with E-state index in [2.05, 4.69) is 10.3 Å². The number of carbonyl (C=O) groups is 1. The molecule has 3 N–H and O–H groups in total. The second kappa shape index (κ2) is 6.91. The summed E-state index contributed by atoms with van der Waals surface area (Å²) < 4.78 is 0. The standard InChI is InChI=1S/C13H14N4O3S/c14-6-2-5-12(18)16-13-15-11(8-21-13)9-3-1-4-10(7-9)17(19)20/h1,3-4,7-8H,2,5-6,14H2,(H,15,16,18). The van der Waals surface area contributed by atoms with Gasteiger partial charge >= 0.3 is 0 Å². The first-order valence-electron chi connectivity index (χ1n) is 6.30. The number of thiazole rings is 1. The number of nitro benzene ring substituents is 1. The number of nitrogens with two attached hydrogens (primary N) is 1. The molecule has 0 atom stereocenters. The minimum atomic E-state index is -0.453. The lowest BCUT2D eigenvalue weighted by Crippen LogP contribution is -2.13. The van der Waals surface area contributed by atoms with E-state index in [1.165, 1.54) is 23.5 Å². The Hall–Kier alpha value is -2.32. The number of benzene rings is 1. The number of rotatable bonds is 6. The normalized spacial score (nSPS) is 10.3. The summed E-state index contributed by atoms with van der Waals surface area (Å²) in [6, 6.07) is 6.22. The van der Waals surface area contributed by atoms with Crippen LogP contribution in [-0.4, -0.2) is 22.4 Å². The summed E-state index contributed by atoms with van der Waals surface area (Å²) in [6.45, 7) is 0.463. The number of hydrogen-bond donors (Lipinski definition) is 2. The zero-order chi connectivity index (χ0) is 15.2. The Bertz CT molecular complexity index is 656. The first-order valence-corrected chi connectivity index (χ1v) is 7.18. The SMILES string of the molecule is NCCCC(=O)Nc1nc(-c2cccc([N+](=O)[O-])c2)cs1. The molecule has 8 heteroatoms. The molecule has 0 fully saturated rings. The van der Waals surface area contributed by atoms with Crippen molar-refractivity contribution in [2.24, 2.45) is 5.73 Å². The van der Waals surface area contributed by atoms with Crippen LogP contribution in [0.2, 0.25) is 0 Å². The maximum atomic E-state index is 11.6. The molecule has 0 aliphatic carbocycles. The van der Waals surface area contributed by atoms with E-state index in [0.29, 0.717) is 35.8 Å². The predicted octanol–water partition coefficient (Wildman–Crippen LogP) is 2.40. The van der Waals surface area contributed by atoms with Crippen LogP contribution in [0.5, 0.6) is 0 Å². The summed E-state index contributed by atoms with van der Waals surface area (Å²) in [5.41, 5.74) is 6.59. The molecule has 1 heterocycles. The number of hydrogen-bond acceptors (Lipinski definition) is 6. The summed E-state index contributed by atoms with van der Waals surface area (Å²) >= 11 is 1.28. The van der Waals surface area contributed by atoms with Gasteiger partial charge in [0.1, 0.15) is 0 Å². The molecule has 0 radical (unpaired) electrons. The molecule has 110 valence electrons. The van der Waals surface area contributed by atoms with Crippen LogP contribution >= 0.6 is 11.3 Å². The van der Waals surface area contributed by atoms with Gasteiger partial charge in [-0.05, 0) is 13.0 Å². The van der Waals surface area contributed by atoms with Gasteiger partial charge in [0.25, 0.3) is 5.69 Å². The second-order valence-electron chi connectivity index (χ2n) is 4.29. The summed E-state index contributed by atoms with van der Waals surface area (Å²) in [6.07, 6.45) is 0.969. The van der Waals surface area contributed by atoms with Crippen molar-refractivity contribution in [1.82, 2.24) is 4.98 Å². The monoisotopic (exact) mass is 306 g/mol. The minimum Gasteiger partial charge on any atom is -0.330 e. The number of aromatic nitrogens is 1. The molecule has 2 rings (SSSR count). The van der Waals surface area contributed by atoms with Gasteiger partial charge in [-0.25, -0.2) is 4.98 Å². The van der Waals surface area contributed by atoms with E-state index >= 15 is 0 Å². The van der Waals surface area contributed by atoms with Gasteiger partial charge in [-0.1, -0.05) is 12.1 Å². The van der Waals surface area contributed by atoms with Crippen LogP contribution in [0.3, 0.4) is 0 Å². The van der Waals surface area contributed by atoms with E-state index in [1.54, 1.807) is 17.5 Å². The smallest absolute Gasteiger partial charge is 0.270 e. The van der Waals surface area contributed by atoms with Gasteiger partial charge < -0.3 is 11.1 Å². The predicted molar refractivity (Wildman–Crippen MR) is 81.1 cm³/mol. The second-order valence-corrected chi connectivity index (χ2v) is 5.14. The Morgan fingerprint density at radius 2 is 2.29 bits per heavy atom. The number of anilines is 1. The van der Waals surface area contributed by atoms with E-state index in [-0.39, 0.29) is 11.6 Å². The van der Waals surface area contributed by atoms with Crippen molar-refractivity contribution >= 4 is 28.1 Å². The molecule has 0 saturated carbocycles. The molecule has 2 aromatic rings. The molecule has 1 aromatic carbocycles. The van der Waals surface area contributed by atoms with Gasteiger partial charge in [0.15, 0.2) is 5.13 Å². The lowest BCUT2D eigenvalue weighted by atomic mass is 10.1. The maximum Gasteiger partial charge on any atom is 0.270 e. The Morgan fingerprint density at radius 3 is 3.00 bits per heavy atom. The zero-order valence-electron chi connectivity index (χ0n) is 11.1. The summed E-state index contributed by atoms with van der Waals surface area (Å²) in [5.74, 6) is -0.139. The highest BCUT2D eigenvalue weighted by molar-refractivity contribution is 7.14. The van der Waals surface area contributed by atoms with Crippen molar-refractivity contribution in [2.45, 2.75) is 12.8 Å². The van der Waals surface area contributed by atoms with Gasteiger partial charge in [-0.3, -0.25) is 14.9 Å². The van der Waals surface area contributed by atoms with Crippen LogP contribution < -0.4 is 11.1 Å². The van der Waals surface area contributed by atoms with E-state index in [1.807, 2.05) is 0 Å². The molecule has 0 aliphatic heterocycles. The third kappa shape index (κ3) is 4.07. The Balaban J connectivity index is 2.11. The number of carbonyl (C=O) groups excluding carboxylic acids is 1. The molecule has 0 spiro atoms. The van der Waals surface area contributed by atoms with E-state index in [0.717, 1.165) is 0 Å². The number of non-ortho nitro benzene ring substituents is 1. The molecule has 0 aliphatic rings. The van der Waals surface area contributed by atoms with Crippen molar-refractivity contribution < 1.29 is 9.72 Å². The van der Waals surface area contributed by atoms with Crippen LogP contribution in [-0.2, 0) is 4.79 Å². The van der Waals surface area contributed by atoms with Crippen molar-refractivity contribution in [1.29, 1.82) is 0 Å². The van der Waals surface area contributed by atoms with E-state index < -0.39 is 4.92 Å². The molecule has 0 bridgehead atoms. The van der Waals surface area contributed by atoms with Gasteiger partial charge in [0, 0.05) is 29.5 Å². The largest absolute Gasteiger partial charge is 0.330 e. The molecule has 1 aromatic heterocycles. The molecule has 0 unspecified atom stereocenters. The van der Waals surface area contributed by atoms with E-state index in [4.69, 9.17) is 5.73 Å². The van der Waals surface area contributed by atoms with Crippen LogP contribution in [0.15, 0.2) is 29.6 Å². The first-order chi connectivity index (χ1) is 10.1. The Morgan fingerprint density at radius 1 is 1.48 bits per heavy atom. The summed E-state index contributed by atoms with van der Waals surface area (Å²) in [4.78, 5) is 26.1. The zero-order valence-corrected chi connectivity index (χ0v) is 11.9. The van der Waals surface area contributed by atoms with Crippen LogP contribution in [0.1, 0.15) is 12.8 Å². The van der Waals surface area contributed by atoms with Crippen LogP contribution in [0, 0.1) is 10.1 Å². The lowest BCUT2D eigenvalue weighted by molar-refractivity contribution is -0.384. The van der Waals surface area contributed by atoms with Crippen molar-refractivity contribution in [3.63, 3.8) is 0 Å². The van der Waals surface area contributed by atoms with Crippen LogP contribution in [0.4, 0.5) is 10.8 Å². The molecular weight excluding hydrogens is 292 g/mol. The minimum absolute atomic E-state index is 0.00836. The average Bonchev–Trinajstić information content (AvgIpc) is 2.93. The fraction of sp³-hybridized carbons (Fsp3) is 0.231. The number of amides is 1. The highest BCUT2D eigenvalue weighted by atomic mass is 32.1. The molecular formula is C13H14N4O3S. The highest BCUT2D eigenvalue weighted by Gasteiger charge is 2.11. The Labute approximate surface area is 125 Å². The van der Waals surface area contributed by atoms with Gasteiger partial charge in [0.05, 0.1) is 10.6 Å². The third-order valence-corrected chi connectivity index (χ3v) is 3.47. The van der Waals surface area contributed by atoms with Gasteiger partial charge in [-0.2, -0.15) is 0 Å².